The van der Waals surface area contributed by atoms with Gasteiger partial charge in [-0.3, -0.25) is 4.79 Å². The number of hydrogen-bond acceptors (Lipinski definition) is 1. The van der Waals surface area contributed by atoms with Crippen LogP contribution in [0.2, 0.25) is 0 Å². The third-order valence-corrected chi connectivity index (χ3v) is 4.15. The summed E-state index contributed by atoms with van der Waals surface area (Å²) in [6.45, 7) is 3.75. The van der Waals surface area contributed by atoms with Crippen LogP contribution < -0.4 is 0 Å². The van der Waals surface area contributed by atoms with Crippen LogP contribution in [0.25, 0.3) is 10.8 Å². The summed E-state index contributed by atoms with van der Waals surface area (Å²) >= 11 is 0. The van der Waals surface area contributed by atoms with E-state index < -0.39 is 0 Å². The van der Waals surface area contributed by atoms with Gasteiger partial charge in [-0.05, 0) is 35.7 Å². The van der Waals surface area contributed by atoms with Crippen LogP contribution in [0.15, 0.2) is 66.7 Å². The summed E-state index contributed by atoms with van der Waals surface area (Å²) in [5, 5.41) is 2.46. The molecule has 0 bridgehead atoms. The molecule has 1 atom stereocenters. The highest BCUT2D eigenvalue weighted by Gasteiger charge is 2.16. The number of carbonyl (C=O) groups excluding carboxylic acids is 1. The minimum Gasteiger partial charge on any atom is -0.300 e. The molecule has 0 saturated heterocycles. The van der Waals surface area contributed by atoms with E-state index in [-0.39, 0.29) is 11.7 Å². The van der Waals surface area contributed by atoms with E-state index in [0.29, 0.717) is 6.42 Å². The number of fused-ring (bicyclic) bond motifs is 1. The average molecular weight is 288 g/mol. The summed E-state index contributed by atoms with van der Waals surface area (Å²) in [7, 11) is 0. The normalized spacial score (nSPS) is 12.3. The number of Topliss-reactive ketones (excluding diaryl/α,β-unsaturated/α-hetero) is 1. The van der Waals surface area contributed by atoms with E-state index in [1.54, 1.807) is 6.92 Å². The molecule has 3 aromatic carbocycles. The van der Waals surface area contributed by atoms with E-state index >= 15 is 0 Å². The molecule has 0 N–H and O–H groups in total. The molecule has 0 saturated carbocycles. The Kier molecular flexibility index (Phi) is 4.06. The summed E-state index contributed by atoms with van der Waals surface area (Å²) in [5.74, 6) is 0.349. The Hall–Kier alpha value is -2.41. The van der Waals surface area contributed by atoms with E-state index in [9.17, 15) is 4.79 Å². The van der Waals surface area contributed by atoms with E-state index in [0.717, 1.165) is 0 Å². The summed E-state index contributed by atoms with van der Waals surface area (Å²) in [5.41, 5.74) is 3.65. The molecule has 0 aliphatic heterocycles. The molecule has 0 aromatic heterocycles. The van der Waals surface area contributed by atoms with Gasteiger partial charge >= 0.3 is 0 Å². The van der Waals surface area contributed by atoms with E-state index in [2.05, 4.69) is 73.7 Å². The largest absolute Gasteiger partial charge is 0.300 e. The summed E-state index contributed by atoms with van der Waals surface area (Å²) in [6.07, 6.45) is 0.543. The molecule has 3 aromatic rings. The van der Waals surface area contributed by atoms with Crippen LogP contribution in [0.3, 0.4) is 0 Å². The fraction of sp³-hybridized carbons (Fsp3) is 0.190. The van der Waals surface area contributed by atoms with Gasteiger partial charge in [0, 0.05) is 12.3 Å². The second-order valence-corrected chi connectivity index (χ2v) is 5.98. The molecule has 0 radical (unpaired) electrons. The second kappa shape index (κ2) is 6.15. The van der Waals surface area contributed by atoms with Crippen LogP contribution >= 0.6 is 0 Å². The number of hydrogen-bond donors (Lipinski definition) is 0. The predicted molar refractivity (Wildman–Crippen MR) is 92.3 cm³/mol. The first-order valence-electron chi connectivity index (χ1n) is 7.68. The first kappa shape index (κ1) is 14.5. The standard InChI is InChI=1S/C21H20O/c1-15-7-9-18(10-8-15)21(13-16(2)22)20-12-11-17-5-3-4-6-19(17)14-20/h3-12,14,21H,13H2,1-2H3. The average Bonchev–Trinajstić information content (AvgIpc) is 2.53. The van der Waals surface area contributed by atoms with Gasteiger partial charge in [-0.15, -0.1) is 0 Å². The zero-order valence-electron chi connectivity index (χ0n) is 13.0. The van der Waals surface area contributed by atoms with Crippen LogP contribution in [-0.4, -0.2) is 5.78 Å². The highest BCUT2D eigenvalue weighted by molar-refractivity contribution is 5.84. The molecule has 22 heavy (non-hydrogen) atoms. The second-order valence-electron chi connectivity index (χ2n) is 5.98. The Labute approximate surface area is 131 Å². The Morgan fingerprint density at radius 3 is 2.18 bits per heavy atom. The highest BCUT2D eigenvalue weighted by atomic mass is 16.1. The van der Waals surface area contributed by atoms with Gasteiger partial charge in [-0.1, -0.05) is 72.3 Å². The Balaban J connectivity index is 2.06. The number of ketones is 1. The van der Waals surface area contributed by atoms with Crippen LogP contribution in [0.1, 0.15) is 36.0 Å². The van der Waals surface area contributed by atoms with Gasteiger partial charge in [-0.25, -0.2) is 0 Å². The van der Waals surface area contributed by atoms with Crippen molar-refractivity contribution in [1.82, 2.24) is 0 Å². The van der Waals surface area contributed by atoms with Crippen LogP contribution in [0.4, 0.5) is 0 Å². The van der Waals surface area contributed by atoms with Gasteiger partial charge in [0.1, 0.15) is 5.78 Å². The first-order valence-corrected chi connectivity index (χ1v) is 7.68. The molecule has 1 heteroatoms. The molecule has 0 amide bonds. The van der Waals surface area contributed by atoms with Gasteiger partial charge in [0.25, 0.3) is 0 Å². The molecule has 1 unspecified atom stereocenters. The highest BCUT2D eigenvalue weighted by Crippen LogP contribution is 2.30. The van der Waals surface area contributed by atoms with Gasteiger partial charge < -0.3 is 0 Å². The fourth-order valence-corrected chi connectivity index (χ4v) is 2.94. The molecule has 1 nitrogen and oxygen atoms in total. The van der Waals surface area contributed by atoms with Crippen LogP contribution in [0, 0.1) is 6.92 Å². The van der Waals surface area contributed by atoms with Crippen molar-refractivity contribution in [3.05, 3.63) is 83.4 Å². The lowest BCUT2D eigenvalue weighted by Gasteiger charge is -2.17. The summed E-state index contributed by atoms with van der Waals surface area (Å²) in [6, 6.07) is 23.4. The molecule has 0 aliphatic carbocycles. The predicted octanol–water partition coefficient (Wildman–Crippen LogP) is 5.26. The third-order valence-electron chi connectivity index (χ3n) is 4.15. The molecule has 0 fully saturated rings. The lowest BCUT2D eigenvalue weighted by molar-refractivity contribution is -0.117. The van der Waals surface area contributed by atoms with Crippen molar-refractivity contribution in [2.45, 2.75) is 26.2 Å². The zero-order valence-corrected chi connectivity index (χ0v) is 13.0. The zero-order chi connectivity index (χ0) is 15.5. The fourth-order valence-electron chi connectivity index (χ4n) is 2.94. The van der Waals surface area contributed by atoms with E-state index in [1.807, 2.05) is 0 Å². The topological polar surface area (TPSA) is 17.1 Å². The van der Waals surface area contributed by atoms with Crippen molar-refractivity contribution >= 4 is 16.6 Å². The molecule has 110 valence electrons. The lowest BCUT2D eigenvalue weighted by atomic mass is 9.86. The molecular weight excluding hydrogens is 268 g/mol. The minimum absolute atomic E-state index is 0.128. The van der Waals surface area contributed by atoms with Gasteiger partial charge in [0.2, 0.25) is 0 Å². The van der Waals surface area contributed by atoms with Crippen LogP contribution in [-0.2, 0) is 4.79 Å². The van der Waals surface area contributed by atoms with E-state index in [4.69, 9.17) is 0 Å². The number of benzene rings is 3. The van der Waals surface area contributed by atoms with Crippen molar-refractivity contribution in [2.24, 2.45) is 0 Å². The van der Waals surface area contributed by atoms with E-state index in [1.165, 1.54) is 27.5 Å². The van der Waals surface area contributed by atoms with Crippen molar-refractivity contribution < 1.29 is 4.79 Å². The summed E-state index contributed by atoms with van der Waals surface area (Å²) < 4.78 is 0. The molecule has 0 heterocycles. The molecule has 3 rings (SSSR count). The SMILES string of the molecule is CC(=O)CC(c1ccc(C)cc1)c1ccc2ccccc2c1. The van der Waals surface area contributed by atoms with Gasteiger partial charge in [0.05, 0.1) is 0 Å². The monoisotopic (exact) mass is 288 g/mol. The Morgan fingerprint density at radius 2 is 1.50 bits per heavy atom. The minimum atomic E-state index is 0.128. The smallest absolute Gasteiger partial charge is 0.130 e. The molecular formula is C21H20O. The number of carbonyl (C=O) groups is 1. The van der Waals surface area contributed by atoms with Crippen molar-refractivity contribution in [2.75, 3.05) is 0 Å². The maximum atomic E-state index is 11.7. The maximum absolute atomic E-state index is 11.7. The quantitative estimate of drug-likeness (QED) is 0.640. The Bertz CT molecular complexity index is 800. The van der Waals surface area contributed by atoms with Crippen molar-refractivity contribution in [1.29, 1.82) is 0 Å². The Morgan fingerprint density at radius 1 is 0.864 bits per heavy atom. The van der Waals surface area contributed by atoms with Gasteiger partial charge in [-0.2, -0.15) is 0 Å². The number of rotatable bonds is 4. The van der Waals surface area contributed by atoms with Gasteiger partial charge in [0.15, 0.2) is 0 Å². The molecule has 0 aliphatic rings. The van der Waals surface area contributed by atoms with Crippen LogP contribution in [0.5, 0.6) is 0 Å². The molecule has 0 spiro atoms. The third kappa shape index (κ3) is 3.09. The van der Waals surface area contributed by atoms with Crippen molar-refractivity contribution in [3.63, 3.8) is 0 Å². The maximum Gasteiger partial charge on any atom is 0.130 e. The number of aryl methyl sites for hydroxylation is 1. The van der Waals surface area contributed by atoms with Crippen molar-refractivity contribution in [3.8, 4) is 0 Å². The lowest BCUT2D eigenvalue weighted by Crippen LogP contribution is -2.06. The summed E-state index contributed by atoms with van der Waals surface area (Å²) in [4.78, 5) is 11.7. The first-order chi connectivity index (χ1) is 10.6.